The molecule has 0 aliphatic rings. The lowest BCUT2D eigenvalue weighted by Crippen LogP contribution is -2.57. The zero-order chi connectivity index (χ0) is 29.8. The van der Waals surface area contributed by atoms with E-state index < -0.39 is 60.2 Å². The third-order valence-electron chi connectivity index (χ3n) is 6.30. The van der Waals surface area contributed by atoms with Gasteiger partial charge in [-0.05, 0) is 48.8 Å². The van der Waals surface area contributed by atoms with E-state index in [0.29, 0.717) is 17.7 Å². The molecule has 1 aromatic heterocycles. The Kier molecular flexibility index (Phi) is 12.9. The van der Waals surface area contributed by atoms with Crippen LogP contribution in [0.25, 0.3) is 10.9 Å². The second-order valence-electron chi connectivity index (χ2n) is 10.0. The van der Waals surface area contributed by atoms with Crippen molar-refractivity contribution in [3.63, 3.8) is 0 Å². The summed E-state index contributed by atoms with van der Waals surface area (Å²) in [6.45, 7) is 3.65. The number of fused-ring (bicyclic) bond motifs is 1. The molecule has 0 fully saturated rings. The zero-order valence-electron chi connectivity index (χ0n) is 22.9. The monoisotopic (exact) mass is 577 g/mol. The Bertz CT molecular complexity index is 1180. The van der Waals surface area contributed by atoms with Gasteiger partial charge in [-0.2, -0.15) is 11.8 Å². The van der Waals surface area contributed by atoms with E-state index in [1.165, 1.54) is 11.8 Å². The molecule has 0 saturated carbocycles. The van der Waals surface area contributed by atoms with Gasteiger partial charge < -0.3 is 36.9 Å². The maximum Gasteiger partial charge on any atom is 0.326 e. The van der Waals surface area contributed by atoms with E-state index in [1.807, 2.05) is 44.4 Å². The SMILES string of the molecule is CSCCC(N)C(=O)NC(CCC(=O)O)C(=O)NC(Cc1c[nH]c2ccccc12)C(=O)NC(CC(C)C)C(=O)O. The van der Waals surface area contributed by atoms with Crippen molar-refractivity contribution in [2.24, 2.45) is 11.7 Å². The van der Waals surface area contributed by atoms with Crippen molar-refractivity contribution < 1.29 is 34.2 Å². The van der Waals surface area contributed by atoms with Crippen LogP contribution < -0.4 is 21.7 Å². The molecule has 4 unspecified atom stereocenters. The molecule has 1 heterocycles. The van der Waals surface area contributed by atoms with Crippen molar-refractivity contribution in [1.82, 2.24) is 20.9 Å². The Balaban J connectivity index is 2.32. The van der Waals surface area contributed by atoms with Gasteiger partial charge >= 0.3 is 11.9 Å². The van der Waals surface area contributed by atoms with Crippen molar-refractivity contribution in [1.29, 1.82) is 0 Å². The third kappa shape index (κ3) is 10.2. The number of benzene rings is 1. The highest BCUT2D eigenvalue weighted by molar-refractivity contribution is 7.98. The second-order valence-corrected chi connectivity index (χ2v) is 11.0. The molecule has 40 heavy (non-hydrogen) atoms. The summed E-state index contributed by atoms with van der Waals surface area (Å²) in [6, 6.07) is 2.82. The molecule has 2 aromatic rings. The van der Waals surface area contributed by atoms with Crippen molar-refractivity contribution >= 4 is 52.3 Å². The summed E-state index contributed by atoms with van der Waals surface area (Å²) < 4.78 is 0. The van der Waals surface area contributed by atoms with Gasteiger partial charge in [0.1, 0.15) is 18.1 Å². The van der Waals surface area contributed by atoms with Crippen LogP contribution in [0, 0.1) is 5.92 Å². The Labute approximate surface area is 237 Å². The number of carboxylic acid groups (broad SMARTS) is 2. The van der Waals surface area contributed by atoms with E-state index in [-0.39, 0.29) is 25.2 Å². The van der Waals surface area contributed by atoms with E-state index >= 15 is 0 Å². The third-order valence-corrected chi connectivity index (χ3v) is 6.95. The van der Waals surface area contributed by atoms with Crippen LogP contribution in [-0.2, 0) is 30.4 Å². The highest BCUT2D eigenvalue weighted by atomic mass is 32.2. The van der Waals surface area contributed by atoms with E-state index in [1.54, 1.807) is 6.20 Å². The molecule has 0 radical (unpaired) electrons. The minimum atomic E-state index is -1.27. The van der Waals surface area contributed by atoms with Gasteiger partial charge in [0.05, 0.1) is 6.04 Å². The number of aliphatic carboxylic acids is 2. The molecule has 0 spiro atoms. The second kappa shape index (κ2) is 15.9. The molecule has 13 heteroatoms. The topological polar surface area (TPSA) is 204 Å². The lowest BCUT2D eigenvalue weighted by molar-refractivity contribution is -0.142. The summed E-state index contributed by atoms with van der Waals surface area (Å²) in [7, 11) is 0. The first-order valence-corrected chi connectivity index (χ1v) is 14.5. The minimum Gasteiger partial charge on any atom is -0.481 e. The molecule has 4 atom stereocenters. The van der Waals surface area contributed by atoms with Crippen molar-refractivity contribution in [3.8, 4) is 0 Å². The largest absolute Gasteiger partial charge is 0.481 e. The molecule has 0 aliphatic carbocycles. The molecule has 0 bridgehead atoms. The number of hydrogen-bond acceptors (Lipinski definition) is 7. The Morgan fingerprint density at radius 2 is 1.55 bits per heavy atom. The van der Waals surface area contributed by atoms with E-state index in [9.17, 15) is 34.2 Å². The summed E-state index contributed by atoms with van der Waals surface area (Å²) >= 11 is 1.51. The van der Waals surface area contributed by atoms with Gasteiger partial charge in [0.2, 0.25) is 17.7 Å². The predicted octanol–water partition coefficient (Wildman–Crippen LogP) is 1.24. The average Bonchev–Trinajstić information content (AvgIpc) is 3.30. The average molecular weight is 578 g/mol. The highest BCUT2D eigenvalue weighted by Crippen LogP contribution is 2.19. The number of carbonyl (C=O) groups is 5. The molecule has 8 N–H and O–H groups in total. The number of H-pyrrole nitrogens is 1. The molecule has 0 aliphatic heterocycles. The van der Waals surface area contributed by atoms with Crippen LogP contribution in [0.1, 0.15) is 45.1 Å². The van der Waals surface area contributed by atoms with Crippen LogP contribution in [0.15, 0.2) is 30.5 Å². The number of aromatic amines is 1. The zero-order valence-corrected chi connectivity index (χ0v) is 23.8. The first kappa shape index (κ1) is 32.6. The summed E-state index contributed by atoms with van der Waals surface area (Å²) in [4.78, 5) is 65.5. The fraction of sp³-hybridized carbons (Fsp3) is 0.519. The van der Waals surface area contributed by atoms with Gasteiger partial charge in [0.25, 0.3) is 0 Å². The van der Waals surface area contributed by atoms with Crippen molar-refractivity contribution in [3.05, 3.63) is 36.0 Å². The van der Waals surface area contributed by atoms with Gasteiger partial charge in [-0.3, -0.25) is 19.2 Å². The van der Waals surface area contributed by atoms with Crippen molar-refractivity contribution in [2.45, 2.75) is 70.1 Å². The van der Waals surface area contributed by atoms with Crippen LogP contribution in [0.2, 0.25) is 0 Å². The first-order valence-electron chi connectivity index (χ1n) is 13.1. The number of nitrogens with one attached hydrogen (secondary N) is 4. The number of thioether (sulfide) groups is 1. The van der Waals surface area contributed by atoms with E-state index in [0.717, 1.165) is 10.9 Å². The van der Waals surface area contributed by atoms with Gasteiger partial charge in [0, 0.05) is 29.9 Å². The number of hydrogen-bond donors (Lipinski definition) is 7. The summed E-state index contributed by atoms with van der Waals surface area (Å²) in [5.41, 5.74) is 7.45. The maximum absolute atomic E-state index is 13.4. The molecule has 0 saturated heterocycles. The van der Waals surface area contributed by atoms with Gasteiger partial charge in [-0.25, -0.2) is 4.79 Å². The maximum atomic E-state index is 13.4. The van der Waals surface area contributed by atoms with Crippen LogP contribution in [0.4, 0.5) is 0 Å². The molecular formula is C27H39N5O7S. The molecule has 220 valence electrons. The number of para-hydroxylation sites is 1. The van der Waals surface area contributed by atoms with Crippen LogP contribution in [-0.4, -0.2) is 81.0 Å². The number of nitrogens with two attached hydrogens (primary N) is 1. The molecule has 3 amide bonds. The van der Waals surface area contributed by atoms with Crippen LogP contribution >= 0.6 is 11.8 Å². The molecule has 2 rings (SSSR count). The van der Waals surface area contributed by atoms with Crippen molar-refractivity contribution in [2.75, 3.05) is 12.0 Å². The quantitative estimate of drug-likeness (QED) is 0.144. The normalized spacial score (nSPS) is 14.2. The number of rotatable bonds is 17. The predicted molar refractivity (Wildman–Crippen MR) is 153 cm³/mol. The number of aromatic nitrogens is 1. The van der Waals surface area contributed by atoms with Gasteiger partial charge in [-0.15, -0.1) is 0 Å². The van der Waals surface area contributed by atoms with Gasteiger partial charge in [-0.1, -0.05) is 32.0 Å². The highest BCUT2D eigenvalue weighted by Gasteiger charge is 2.31. The Morgan fingerprint density at radius 1 is 0.925 bits per heavy atom. The number of carboxylic acids is 2. The molecular weight excluding hydrogens is 538 g/mol. The van der Waals surface area contributed by atoms with Crippen LogP contribution in [0.3, 0.4) is 0 Å². The number of carbonyl (C=O) groups excluding carboxylic acids is 3. The lowest BCUT2D eigenvalue weighted by Gasteiger charge is -2.25. The smallest absolute Gasteiger partial charge is 0.326 e. The number of amides is 3. The summed E-state index contributed by atoms with van der Waals surface area (Å²) in [6.07, 6.45) is 3.49. The fourth-order valence-corrected chi connectivity index (χ4v) is 4.65. The van der Waals surface area contributed by atoms with E-state index in [2.05, 4.69) is 20.9 Å². The fourth-order valence-electron chi connectivity index (χ4n) is 4.16. The standard InChI is InChI=1S/C27H39N5O7S/c1-15(2)12-22(27(38)39)32-26(37)21(13-16-14-29-19-7-5-4-6-17(16)19)31-25(36)20(8-9-23(33)34)30-24(35)18(28)10-11-40-3/h4-7,14-15,18,20-22,29H,8-13,28H2,1-3H3,(H,30,35)(H,31,36)(H,32,37)(H,33,34)(H,38,39). The Morgan fingerprint density at radius 3 is 2.17 bits per heavy atom. The Hall–Kier alpha value is -3.58. The molecule has 1 aromatic carbocycles. The van der Waals surface area contributed by atoms with Crippen LogP contribution in [0.5, 0.6) is 0 Å². The summed E-state index contributed by atoms with van der Waals surface area (Å²) in [5, 5.41) is 27.3. The minimum absolute atomic E-state index is 0.0163. The first-order chi connectivity index (χ1) is 18.9. The lowest BCUT2D eigenvalue weighted by atomic mass is 10.0. The summed E-state index contributed by atoms with van der Waals surface area (Å²) in [5.74, 6) is -3.87. The van der Waals surface area contributed by atoms with E-state index in [4.69, 9.17) is 5.73 Å². The van der Waals surface area contributed by atoms with Gasteiger partial charge in [0.15, 0.2) is 0 Å². The molecule has 12 nitrogen and oxygen atoms in total.